The van der Waals surface area contributed by atoms with Crippen LogP contribution in [-0.4, -0.2) is 5.91 Å². The van der Waals surface area contributed by atoms with Gasteiger partial charge in [0.2, 0.25) is 5.91 Å². The zero-order valence-corrected chi connectivity index (χ0v) is 8.69. The number of hydrogen-bond donors (Lipinski definition) is 1. The molecule has 1 rings (SSSR count). The zero-order valence-electron chi connectivity index (χ0n) is 7.88. The normalized spacial score (nSPS) is 9.92. The van der Waals surface area contributed by atoms with Crippen molar-refractivity contribution in [3.8, 4) is 0 Å². The van der Waals surface area contributed by atoms with Crippen molar-refractivity contribution < 1.29 is 4.79 Å². The molecule has 1 aromatic heterocycles. The zero-order chi connectivity index (χ0) is 9.52. The summed E-state index contributed by atoms with van der Waals surface area (Å²) in [7, 11) is 0. The van der Waals surface area contributed by atoms with Gasteiger partial charge in [0.05, 0.1) is 6.54 Å². The monoisotopic (exact) mass is 197 g/mol. The van der Waals surface area contributed by atoms with Gasteiger partial charge in [-0.3, -0.25) is 4.79 Å². The van der Waals surface area contributed by atoms with Gasteiger partial charge in [-0.15, -0.1) is 11.3 Å². The fourth-order valence-electron chi connectivity index (χ4n) is 1.02. The van der Waals surface area contributed by atoms with Crippen molar-refractivity contribution in [1.82, 2.24) is 5.32 Å². The van der Waals surface area contributed by atoms with Gasteiger partial charge in [0, 0.05) is 11.3 Å². The Balaban J connectivity index is 2.15. The lowest BCUT2D eigenvalue weighted by atomic mass is 10.2. The first-order valence-electron chi connectivity index (χ1n) is 4.62. The quantitative estimate of drug-likeness (QED) is 0.772. The molecule has 1 heterocycles. The molecule has 0 aromatic carbocycles. The van der Waals surface area contributed by atoms with Crippen LogP contribution < -0.4 is 5.32 Å². The molecule has 1 amide bonds. The number of hydrogen-bond acceptors (Lipinski definition) is 2. The SMILES string of the molecule is CCCCC(=O)NCc1cccs1. The third kappa shape index (κ3) is 4.08. The lowest BCUT2D eigenvalue weighted by Crippen LogP contribution is -2.21. The van der Waals surface area contributed by atoms with E-state index in [0.29, 0.717) is 13.0 Å². The van der Waals surface area contributed by atoms with E-state index in [1.165, 1.54) is 4.88 Å². The molecule has 0 unspecified atom stereocenters. The smallest absolute Gasteiger partial charge is 0.220 e. The van der Waals surface area contributed by atoms with Crippen LogP contribution in [0.25, 0.3) is 0 Å². The number of thiophene rings is 1. The second kappa shape index (κ2) is 5.75. The average molecular weight is 197 g/mol. The third-order valence-electron chi connectivity index (χ3n) is 1.80. The number of unbranched alkanes of at least 4 members (excludes halogenated alkanes) is 1. The highest BCUT2D eigenvalue weighted by atomic mass is 32.1. The topological polar surface area (TPSA) is 29.1 Å². The lowest BCUT2D eigenvalue weighted by molar-refractivity contribution is -0.121. The van der Waals surface area contributed by atoms with Crippen molar-refractivity contribution in [3.05, 3.63) is 22.4 Å². The Hall–Kier alpha value is -0.830. The van der Waals surface area contributed by atoms with E-state index < -0.39 is 0 Å². The average Bonchev–Trinajstić information content (AvgIpc) is 2.64. The molecular formula is C10H15NOS. The first-order valence-corrected chi connectivity index (χ1v) is 5.50. The molecule has 0 aliphatic heterocycles. The number of rotatable bonds is 5. The van der Waals surface area contributed by atoms with Gasteiger partial charge < -0.3 is 5.32 Å². The number of carbonyl (C=O) groups is 1. The number of amides is 1. The van der Waals surface area contributed by atoms with Crippen LogP contribution in [0.1, 0.15) is 31.1 Å². The van der Waals surface area contributed by atoms with E-state index in [1.54, 1.807) is 11.3 Å². The van der Waals surface area contributed by atoms with E-state index in [0.717, 1.165) is 12.8 Å². The van der Waals surface area contributed by atoms with E-state index in [2.05, 4.69) is 12.2 Å². The fourth-order valence-corrected chi connectivity index (χ4v) is 1.67. The lowest BCUT2D eigenvalue weighted by Gasteiger charge is -2.01. The van der Waals surface area contributed by atoms with Gasteiger partial charge in [0.25, 0.3) is 0 Å². The Morgan fingerprint density at radius 1 is 1.62 bits per heavy atom. The molecule has 2 nitrogen and oxygen atoms in total. The van der Waals surface area contributed by atoms with Crippen LogP contribution in [0.5, 0.6) is 0 Å². The van der Waals surface area contributed by atoms with Crippen molar-refractivity contribution in [2.24, 2.45) is 0 Å². The minimum absolute atomic E-state index is 0.162. The second-order valence-corrected chi connectivity index (χ2v) is 3.99. The van der Waals surface area contributed by atoms with Gasteiger partial charge in [-0.2, -0.15) is 0 Å². The summed E-state index contributed by atoms with van der Waals surface area (Å²) >= 11 is 1.67. The number of carbonyl (C=O) groups excluding carboxylic acids is 1. The van der Waals surface area contributed by atoms with Gasteiger partial charge >= 0.3 is 0 Å². The molecule has 0 spiro atoms. The maximum absolute atomic E-state index is 11.2. The van der Waals surface area contributed by atoms with Crippen LogP contribution >= 0.6 is 11.3 Å². The second-order valence-electron chi connectivity index (χ2n) is 2.96. The van der Waals surface area contributed by atoms with E-state index in [1.807, 2.05) is 17.5 Å². The minimum atomic E-state index is 0.162. The summed E-state index contributed by atoms with van der Waals surface area (Å²) in [5.41, 5.74) is 0. The molecule has 13 heavy (non-hydrogen) atoms. The van der Waals surface area contributed by atoms with Crippen molar-refractivity contribution in [2.45, 2.75) is 32.7 Å². The maximum Gasteiger partial charge on any atom is 0.220 e. The highest BCUT2D eigenvalue weighted by Gasteiger charge is 1.99. The molecule has 0 saturated heterocycles. The van der Waals surface area contributed by atoms with Crippen LogP contribution in [0, 0.1) is 0 Å². The molecule has 1 aromatic rings. The molecule has 0 radical (unpaired) electrons. The summed E-state index contributed by atoms with van der Waals surface area (Å²) in [6.45, 7) is 2.77. The van der Waals surface area contributed by atoms with Crippen molar-refractivity contribution in [3.63, 3.8) is 0 Å². The molecule has 0 atom stereocenters. The molecule has 1 N–H and O–H groups in total. The molecule has 0 aliphatic carbocycles. The van der Waals surface area contributed by atoms with Gasteiger partial charge in [-0.05, 0) is 17.9 Å². The third-order valence-corrected chi connectivity index (χ3v) is 2.67. The Morgan fingerprint density at radius 2 is 2.46 bits per heavy atom. The van der Waals surface area contributed by atoms with Crippen molar-refractivity contribution in [2.75, 3.05) is 0 Å². The van der Waals surface area contributed by atoms with E-state index in [4.69, 9.17) is 0 Å². The Bertz CT molecular complexity index is 243. The number of nitrogens with one attached hydrogen (secondary N) is 1. The van der Waals surface area contributed by atoms with E-state index >= 15 is 0 Å². The largest absolute Gasteiger partial charge is 0.351 e. The first-order chi connectivity index (χ1) is 6.33. The summed E-state index contributed by atoms with van der Waals surface area (Å²) in [4.78, 5) is 12.4. The molecule has 0 saturated carbocycles. The molecule has 0 aliphatic rings. The Labute approximate surface area is 83.0 Å². The highest BCUT2D eigenvalue weighted by Crippen LogP contribution is 2.07. The van der Waals surface area contributed by atoms with Gasteiger partial charge in [-0.1, -0.05) is 19.4 Å². The predicted molar refractivity (Wildman–Crippen MR) is 55.7 cm³/mol. The highest BCUT2D eigenvalue weighted by molar-refractivity contribution is 7.09. The first kappa shape index (κ1) is 10.3. The molecule has 0 fully saturated rings. The maximum atomic E-state index is 11.2. The molecule has 72 valence electrons. The van der Waals surface area contributed by atoms with E-state index in [-0.39, 0.29) is 5.91 Å². The summed E-state index contributed by atoms with van der Waals surface area (Å²) in [6.07, 6.45) is 2.71. The summed E-state index contributed by atoms with van der Waals surface area (Å²) in [5, 5.41) is 4.91. The van der Waals surface area contributed by atoms with Crippen LogP contribution in [0.4, 0.5) is 0 Å². The Kier molecular flexibility index (Phi) is 4.54. The molecule has 0 bridgehead atoms. The Morgan fingerprint density at radius 3 is 3.08 bits per heavy atom. The minimum Gasteiger partial charge on any atom is -0.351 e. The van der Waals surface area contributed by atoms with Gasteiger partial charge in [0.1, 0.15) is 0 Å². The summed E-state index contributed by atoms with van der Waals surface area (Å²) in [6, 6.07) is 4.03. The fraction of sp³-hybridized carbons (Fsp3) is 0.500. The van der Waals surface area contributed by atoms with Crippen LogP contribution in [0.2, 0.25) is 0 Å². The van der Waals surface area contributed by atoms with E-state index in [9.17, 15) is 4.79 Å². The van der Waals surface area contributed by atoms with Crippen LogP contribution in [-0.2, 0) is 11.3 Å². The van der Waals surface area contributed by atoms with Crippen molar-refractivity contribution in [1.29, 1.82) is 0 Å². The predicted octanol–water partition coefficient (Wildman–Crippen LogP) is 2.55. The molecule has 3 heteroatoms. The summed E-state index contributed by atoms with van der Waals surface area (Å²) in [5.74, 6) is 0.162. The molecular weight excluding hydrogens is 182 g/mol. The van der Waals surface area contributed by atoms with Gasteiger partial charge in [0.15, 0.2) is 0 Å². The van der Waals surface area contributed by atoms with Crippen LogP contribution in [0.15, 0.2) is 17.5 Å². The van der Waals surface area contributed by atoms with Gasteiger partial charge in [-0.25, -0.2) is 0 Å². The van der Waals surface area contributed by atoms with Crippen LogP contribution in [0.3, 0.4) is 0 Å². The van der Waals surface area contributed by atoms with Crippen molar-refractivity contribution >= 4 is 17.2 Å². The standard InChI is InChI=1S/C10H15NOS/c1-2-3-6-10(12)11-8-9-5-4-7-13-9/h4-5,7H,2-3,6,8H2,1H3,(H,11,12). The summed E-state index contributed by atoms with van der Waals surface area (Å²) < 4.78 is 0.